The van der Waals surface area contributed by atoms with Crippen molar-refractivity contribution in [3.63, 3.8) is 0 Å². The number of nitrogens with two attached hydrogens (primary N) is 1. The summed E-state index contributed by atoms with van der Waals surface area (Å²) in [5, 5.41) is 5.74. The molecule has 2 heterocycles. The lowest BCUT2D eigenvalue weighted by molar-refractivity contribution is 0.430. The minimum atomic E-state index is -0.476. The molecule has 0 atom stereocenters. The fourth-order valence-corrected chi connectivity index (χ4v) is 2.19. The van der Waals surface area contributed by atoms with Crippen LogP contribution in [0.4, 0.5) is 10.1 Å². The number of nitrogens with zero attached hydrogens (tertiary/aromatic N) is 2. The Morgan fingerprint density at radius 2 is 2.17 bits per heavy atom. The first kappa shape index (κ1) is 10.9. The van der Waals surface area contributed by atoms with E-state index in [0.29, 0.717) is 11.5 Å². The highest BCUT2D eigenvalue weighted by atomic mass is 32.1. The second-order valence-electron chi connectivity index (χ2n) is 3.64. The first-order valence-corrected chi connectivity index (χ1v) is 6.05. The smallest absolute Gasteiger partial charge is 0.261 e. The summed E-state index contributed by atoms with van der Waals surface area (Å²) in [6.07, 6.45) is 0. The van der Waals surface area contributed by atoms with E-state index in [0.717, 1.165) is 4.88 Å². The quantitative estimate of drug-likeness (QED) is 0.719. The number of thiophene rings is 1. The molecule has 0 amide bonds. The maximum absolute atomic E-state index is 13.7. The van der Waals surface area contributed by atoms with Crippen LogP contribution in [0.2, 0.25) is 0 Å². The van der Waals surface area contributed by atoms with Crippen molar-refractivity contribution in [3.8, 4) is 22.2 Å². The van der Waals surface area contributed by atoms with Crippen molar-refractivity contribution in [2.45, 2.75) is 0 Å². The van der Waals surface area contributed by atoms with Crippen LogP contribution in [0, 0.1) is 5.82 Å². The molecule has 0 saturated carbocycles. The van der Waals surface area contributed by atoms with Crippen LogP contribution in [0.1, 0.15) is 0 Å². The first-order valence-electron chi connectivity index (χ1n) is 5.17. The zero-order valence-corrected chi connectivity index (χ0v) is 9.95. The zero-order valence-electron chi connectivity index (χ0n) is 9.13. The minimum absolute atomic E-state index is 0.149. The molecular weight excluding hydrogens is 253 g/mol. The van der Waals surface area contributed by atoms with Gasteiger partial charge in [-0.15, -0.1) is 11.3 Å². The van der Waals surface area contributed by atoms with E-state index in [1.807, 2.05) is 17.5 Å². The van der Waals surface area contributed by atoms with Crippen molar-refractivity contribution in [2.24, 2.45) is 0 Å². The number of benzene rings is 1. The summed E-state index contributed by atoms with van der Waals surface area (Å²) in [4.78, 5) is 5.04. The Hall–Kier alpha value is -2.21. The topological polar surface area (TPSA) is 64.9 Å². The van der Waals surface area contributed by atoms with Crippen LogP contribution in [-0.4, -0.2) is 10.1 Å². The zero-order chi connectivity index (χ0) is 12.5. The van der Waals surface area contributed by atoms with E-state index in [4.69, 9.17) is 10.3 Å². The van der Waals surface area contributed by atoms with Gasteiger partial charge in [-0.1, -0.05) is 11.2 Å². The average molecular weight is 261 g/mol. The van der Waals surface area contributed by atoms with E-state index in [-0.39, 0.29) is 11.5 Å². The molecule has 18 heavy (non-hydrogen) atoms. The molecular formula is C12H8FN3OS. The summed E-state index contributed by atoms with van der Waals surface area (Å²) in [6.45, 7) is 0. The molecule has 0 aliphatic carbocycles. The molecule has 1 aromatic carbocycles. The van der Waals surface area contributed by atoms with Gasteiger partial charge < -0.3 is 10.3 Å². The Bertz CT molecular complexity index is 678. The summed E-state index contributed by atoms with van der Waals surface area (Å²) in [7, 11) is 0. The normalized spacial score (nSPS) is 10.7. The third kappa shape index (κ3) is 1.86. The van der Waals surface area contributed by atoms with Crippen LogP contribution in [0.25, 0.3) is 22.2 Å². The van der Waals surface area contributed by atoms with Crippen molar-refractivity contribution in [1.82, 2.24) is 10.1 Å². The fraction of sp³-hybridized carbons (Fsp3) is 0. The van der Waals surface area contributed by atoms with E-state index >= 15 is 0 Å². The number of hydrogen-bond donors (Lipinski definition) is 1. The largest absolute Gasteiger partial charge is 0.399 e. The van der Waals surface area contributed by atoms with Crippen molar-refractivity contribution < 1.29 is 8.91 Å². The van der Waals surface area contributed by atoms with Crippen molar-refractivity contribution in [2.75, 3.05) is 5.73 Å². The van der Waals surface area contributed by atoms with Crippen molar-refractivity contribution in [3.05, 3.63) is 41.5 Å². The van der Waals surface area contributed by atoms with Gasteiger partial charge in [0.2, 0.25) is 5.82 Å². The van der Waals surface area contributed by atoms with Gasteiger partial charge in [0, 0.05) is 5.69 Å². The number of anilines is 1. The molecule has 0 fully saturated rings. The Morgan fingerprint density at radius 3 is 2.89 bits per heavy atom. The molecule has 0 spiro atoms. The maximum Gasteiger partial charge on any atom is 0.261 e. The average Bonchev–Trinajstić information content (AvgIpc) is 2.99. The molecule has 2 N–H and O–H groups in total. The van der Waals surface area contributed by atoms with Gasteiger partial charge in [-0.2, -0.15) is 4.98 Å². The predicted molar refractivity (Wildman–Crippen MR) is 67.4 cm³/mol. The summed E-state index contributed by atoms with van der Waals surface area (Å²) < 4.78 is 18.7. The third-order valence-electron chi connectivity index (χ3n) is 2.39. The van der Waals surface area contributed by atoms with Crippen LogP contribution in [0.5, 0.6) is 0 Å². The number of halogens is 1. The molecule has 0 unspecified atom stereocenters. The SMILES string of the molecule is Nc1ccc(-c2nc(-c3cccs3)no2)c(F)c1. The highest BCUT2D eigenvalue weighted by molar-refractivity contribution is 7.13. The van der Waals surface area contributed by atoms with Gasteiger partial charge in [0.25, 0.3) is 5.89 Å². The van der Waals surface area contributed by atoms with Gasteiger partial charge in [0.05, 0.1) is 10.4 Å². The van der Waals surface area contributed by atoms with E-state index < -0.39 is 5.82 Å². The molecule has 90 valence electrons. The van der Waals surface area contributed by atoms with Gasteiger partial charge in [0.1, 0.15) is 5.82 Å². The number of aromatic nitrogens is 2. The fourth-order valence-electron chi connectivity index (χ4n) is 1.54. The van der Waals surface area contributed by atoms with Gasteiger partial charge in [-0.3, -0.25) is 0 Å². The second-order valence-corrected chi connectivity index (χ2v) is 4.59. The van der Waals surface area contributed by atoms with E-state index in [1.165, 1.54) is 23.5 Å². The number of nitrogen functional groups attached to an aromatic ring is 1. The van der Waals surface area contributed by atoms with E-state index in [9.17, 15) is 4.39 Å². The van der Waals surface area contributed by atoms with Crippen LogP contribution >= 0.6 is 11.3 Å². The second kappa shape index (κ2) is 4.23. The molecule has 4 nitrogen and oxygen atoms in total. The van der Waals surface area contributed by atoms with Crippen molar-refractivity contribution in [1.29, 1.82) is 0 Å². The minimum Gasteiger partial charge on any atom is -0.399 e. The Morgan fingerprint density at radius 1 is 1.28 bits per heavy atom. The van der Waals surface area contributed by atoms with Gasteiger partial charge in [-0.05, 0) is 29.6 Å². The Labute approximate surface area is 106 Å². The molecule has 0 saturated heterocycles. The molecule has 6 heteroatoms. The highest BCUT2D eigenvalue weighted by Gasteiger charge is 2.14. The summed E-state index contributed by atoms with van der Waals surface area (Å²) in [5.41, 5.74) is 6.09. The number of hydrogen-bond acceptors (Lipinski definition) is 5. The van der Waals surface area contributed by atoms with Crippen molar-refractivity contribution >= 4 is 17.0 Å². The molecule has 2 aromatic heterocycles. The summed E-state index contributed by atoms with van der Waals surface area (Å²) >= 11 is 1.49. The first-order chi connectivity index (χ1) is 8.74. The lowest BCUT2D eigenvalue weighted by atomic mass is 10.2. The maximum atomic E-state index is 13.7. The lowest BCUT2D eigenvalue weighted by Crippen LogP contribution is -1.89. The molecule has 3 aromatic rings. The lowest BCUT2D eigenvalue weighted by Gasteiger charge is -1.97. The van der Waals surface area contributed by atoms with Crippen LogP contribution < -0.4 is 5.73 Å². The molecule has 0 aliphatic heterocycles. The Kier molecular flexibility index (Phi) is 2.56. The molecule has 0 aliphatic rings. The third-order valence-corrected chi connectivity index (χ3v) is 3.26. The van der Waals surface area contributed by atoms with Gasteiger partial charge in [0.15, 0.2) is 0 Å². The molecule has 0 radical (unpaired) electrons. The monoisotopic (exact) mass is 261 g/mol. The Balaban J connectivity index is 2.03. The predicted octanol–water partition coefficient (Wildman–Crippen LogP) is 3.19. The van der Waals surface area contributed by atoms with E-state index in [2.05, 4.69) is 10.1 Å². The van der Waals surface area contributed by atoms with Gasteiger partial charge in [-0.25, -0.2) is 4.39 Å². The standard InChI is InChI=1S/C12H8FN3OS/c13-9-6-7(14)3-4-8(9)12-15-11(16-17-12)10-2-1-5-18-10/h1-6H,14H2. The number of rotatable bonds is 2. The van der Waals surface area contributed by atoms with E-state index in [1.54, 1.807) is 6.07 Å². The van der Waals surface area contributed by atoms with Crippen LogP contribution in [-0.2, 0) is 0 Å². The summed E-state index contributed by atoms with van der Waals surface area (Å²) in [5.74, 6) is 0.128. The molecule has 3 rings (SSSR count). The van der Waals surface area contributed by atoms with Gasteiger partial charge >= 0.3 is 0 Å². The molecule has 0 bridgehead atoms. The van der Waals surface area contributed by atoms with Crippen LogP contribution in [0.15, 0.2) is 40.2 Å². The van der Waals surface area contributed by atoms with Crippen LogP contribution in [0.3, 0.4) is 0 Å². The summed E-state index contributed by atoms with van der Waals surface area (Å²) in [6, 6.07) is 8.10. The highest BCUT2D eigenvalue weighted by Crippen LogP contribution is 2.27.